The molecular formula is C19H23ClN2O3S. The Morgan fingerprint density at radius 3 is 2.27 bits per heavy atom. The second-order valence-corrected chi connectivity index (χ2v) is 8.47. The summed E-state index contributed by atoms with van der Waals surface area (Å²) >= 11 is 6.09. The number of carbonyl (C=O) groups excluding carboxylic acids is 1. The van der Waals surface area contributed by atoms with Crippen LogP contribution >= 0.6 is 11.6 Å². The minimum absolute atomic E-state index is 0.0384. The molecule has 0 aromatic heterocycles. The lowest BCUT2D eigenvalue weighted by Gasteiger charge is -2.08. The van der Waals surface area contributed by atoms with Gasteiger partial charge in [0, 0.05) is 18.0 Å². The van der Waals surface area contributed by atoms with E-state index in [-0.39, 0.29) is 11.7 Å². The number of amides is 1. The van der Waals surface area contributed by atoms with Gasteiger partial charge in [0.05, 0.1) is 5.75 Å². The molecule has 2 N–H and O–H groups in total. The molecule has 0 unspecified atom stereocenters. The molecule has 26 heavy (non-hydrogen) atoms. The van der Waals surface area contributed by atoms with Crippen molar-refractivity contribution in [2.75, 3.05) is 7.05 Å². The standard InChI is InChI=1S/C19H23ClN2O3S/c1-14-3-4-15(11-18(14)20)9-10-19(23)22-12-16-5-7-17(8-6-16)13-26(24,25)21-2/h3-8,11,21H,9-10,12-13H2,1-2H3,(H,22,23). The van der Waals surface area contributed by atoms with E-state index < -0.39 is 10.0 Å². The molecule has 0 fully saturated rings. The molecule has 0 aliphatic carbocycles. The maximum Gasteiger partial charge on any atom is 0.220 e. The number of carbonyl (C=O) groups is 1. The van der Waals surface area contributed by atoms with E-state index in [1.54, 1.807) is 12.1 Å². The summed E-state index contributed by atoms with van der Waals surface area (Å²) in [4.78, 5) is 12.0. The Morgan fingerprint density at radius 2 is 1.65 bits per heavy atom. The number of hydrogen-bond donors (Lipinski definition) is 2. The molecule has 2 aromatic rings. The normalized spacial score (nSPS) is 11.3. The monoisotopic (exact) mass is 394 g/mol. The molecular weight excluding hydrogens is 372 g/mol. The largest absolute Gasteiger partial charge is 0.352 e. The van der Waals surface area contributed by atoms with E-state index in [2.05, 4.69) is 10.0 Å². The highest BCUT2D eigenvalue weighted by atomic mass is 35.5. The molecule has 0 spiro atoms. The van der Waals surface area contributed by atoms with Crippen LogP contribution in [0, 0.1) is 6.92 Å². The first-order valence-electron chi connectivity index (χ1n) is 8.30. The van der Waals surface area contributed by atoms with Crippen LogP contribution in [0.3, 0.4) is 0 Å². The van der Waals surface area contributed by atoms with Crippen LogP contribution in [0.15, 0.2) is 42.5 Å². The summed E-state index contributed by atoms with van der Waals surface area (Å²) in [5, 5.41) is 3.58. The zero-order valence-corrected chi connectivity index (χ0v) is 16.5. The molecule has 0 saturated heterocycles. The van der Waals surface area contributed by atoms with Crippen molar-refractivity contribution in [1.29, 1.82) is 0 Å². The lowest BCUT2D eigenvalue weighted by Crippen LogP contribution is -2.23. The van der Waals surface area contributed by atoms with E-state index in [1.165, 1.54) is 7.05 Å². The topological polar surface area (TPSA) is 75.3 Å². The number of halogens is 1. The molecule has 0 atom stereocenters. The number of rotatable bonds is 8. The minimum Gasteiger partial charge on any atom is -0.352 e. The fourth-order valence-corrected chi connectivity index (χ4v) is 3.36. The molecule has 0 aliphatic rings. The van der Waals surface area contributed by atoms with Crippen molar-refractivity contribution in [3.05, 3.63) is 69.7 Å². The van der Waals surface area contributed by atoms with Gasteiger partial charge in [0.15, 0.2) is 0 Å². The predicted molar refractivity (Wildman–Crippen MR) is 104 cm³/mol. The van der Waals surface area contributed by atoms with Crippen LogP contribution in [0.5, 0.6) is 0 Å². The van der Waals surface area contributed by atoms with Gasteiger partial charge in [-0.2, -0.15) is 0 Å². The van der Waals surface area contributed by atoms with Crippen molar-refractivity contribution >= 4 is 27.5 Å². The van der Waals surface area contributed by atoms with Gasteiger partial charge in [-0.05, 0) is 48.7 Å². The molecule has 0 heterocycles. The Labute approximate surface area is 159 Å². The van der Waals surface area contributed by atoms with E-state index in [0.29, 0.717) is 30.0 Å². The van der Waals surface area contributed by atoms with Crippen molar-refractivity contribution in [3.63, 3.8) is 0 Å². The second kappa shape index (κ2) is 9.16. The fourth-order valence-electron chi connectivity index (χ4n) is 2.38. The summed E-state index contributed by atoms with van der Waals surface area (Å²) in [7, 11) is -1.89. The van der Waals surface area contributed by atoms with Crippen LogP contribution in [0.4, 0.5) is 0 Å². The van der Waals surface area contributed by atoms with Gasteiger partial charge < -0.3 is 5.32 Å². The number of hydrogen-bond acceptors (Lipinski definition) is 3. The molecule has 140 valence electrons. The fraction of sp³-hybridized carbons (Fsp3) is 0.316. The van der Waals surface area contributed by atoms with Crippen LogP contribution in [-0.2, 0) is 33.5 Å². The van der Waals surface area contributed by atoms with Crippen molar-refractivity contribution < 1.29 is 13.2 Å². The maximum atomic E-state index is 12.0. The van der Waals surface area contributed by atoms with E-state index in [1.807, 2.05) is 37.3 Å². The lowest BCUT2D eigenvalue weighted by molar-refractivity contribution is -0.121. The lowest BCUT2D eigenvalue weighted by atomic mass is 10.1. The number of nitrogens with one attached hydrogen (secondary N) is 2. The molecule has 0 radical (unpaired) electrons. The van der Waals surface area contributed by atoms with Gasteiger partial charge in [-0.15, -0.1) is 0 Å². The first kappa shape index (κ1) is 20.4. The third-order valence-corrected chi connectivity index (χ3v) is 5.80. The van der Waals surface area contributed by atoms with E-state index in [4.69, 9.17) is 11.6 Å². The van der Waals surface area contributed by atoms with E-state index >= 15 is 0 Å². The van der Waals surface area contributed by atoms with Gasteiger partial charge in [-0.1, -0.05) is 48.0 Å². The average Bonchev–Trinajstić information content (AvgIpc) is 2.62. The highest BCUT2D eigenvalue weighted by Crippen LogP contribution is 2.17. The van der Waals surface area contributed by atoms with Crippen LogP contribution in [-0.4, -0.2) is 21.4 Å². The Hall–Kier alpha value is -1.89. The van der Waals surface area contributed by atoms with Crippen molar-refractivity contribution in [1.82, 2.24) is 10.0 Å². The molecule has 2 aromatic carbocycles. The molecule has 7 heteroatoms. The Balaban J connectivity index is 1.80. The Bertz CT molecular complexity index is 865. The molecule has 5 nitrogen and oxygen atoms in total. The number of sulfonamides is 1. The Kier molecular flexibility index (Phi) is 7.20. The van der Waals surface area contributed by atoms with Crippen molar-refractivity contribution in [2.24, 2.45) is 0 Å². The molecule has 1 amide bonds. The summed E-state index contributed by atoms with van der Waals surface area (Å²) in [6.45, 7) is 2.35. The van der Waals surface area contributed by atoms with Crippen LogP contribution in [0.2, 0.25) is 5.02 Å². The quantitative estimate of drug-likeness (QED) is 0.722. The maximum absolute atomic E-state index is 12.0. The molecule has 0 bridgehead atoms. The smallest absolute Gasteiger partial charge is 0.220 e. The Morgan fingerprint density at radius 1 is 1.04 bits per heavy atom. The first-order valence-corrected chi connectivity index (χ1v) is 10.3. The first-order chi connectivity index (χ1) is 12.3. The summed E-state index contributed by atoms with van der Waals surface area (Å²) < 4.78 is 25.3. The van der Waals surface area contributed by atoms with Crippen molar-refractivity contribution in [3.8, 4) is 0 Å². The third-order valence-electron chi connectivity index (χ3n) is 4.06. The summed E-state index contributed by atoms with van der Waals surface area (Å²) in [6.07, 6.45) is 1.02. The average molecular weight is 395 g/mol. The number of aryl methyl sites for hydroxylation is 2. The summed E-state index contributed by atoms with van der Waals surface area (Å²) in [6, 6.07) is 13.0. The van der Waals surface area contributed by atoms with Gasteiger partial charge in [-0.3, -0.25) is 4.79 Å². The zero-order chi connectivity index (χ0) is 19.2. The SMILES string of the molecule is CNS(=O)(=O)Cc1ccc(CNC(=O)CCc2ccc(C)c(Cl)c2)cc1. The number of benzene rings is 2. The molecule has 2 rings (SSSR count). The minimum atomic E-state index is -3.28. The van der Waals surface area contributed by atoms with Crippen molar-refractivity contribution in [2.45, 2.75) is 32.1 Å². The van der Waals surface area contributed by atoms with Gasteiger partial charge in [0.1, 0.15) is 0 Å². The van der Waals surface area contributed by atoms with Crippen LogP contribution in [0.1, 0.15) is 28.7 Å². The van der Waals surface area contributed by atoms with Crippen LogP contribution in [0.25, 0.3) is 0 Å². The molecule has 0 saturated carbocycles. The predicted octanol–water partition coefficient (Wildman–Crippen LogP) is 2.95. The van der Waals surface area contributed by atoms with Gasteiger partial charge >= 0.3 is 0 Å². The summed E-state index contributed by atoms with van der Waals surface area (Å²) in [5.41, 5.74) is 3.67. The second-order valence-electron chi connectivity index (χ2n) is 6.14. The molecule has 0 aliphatic heterocycles. The van der Waals surface area contributed by atoms with E-state index in [9.17, 15) is 13.2 Å². The van der Waals surface area contributed by atoms with E-state index in [0.717, 1.165) is 16.7 Å². The van der Waals surface area contributed by atoms with Gasteiger partial charge in [0.25, 0.3) is 0 Å². The third kappa shape index (κ3) is 6.44. The van der Waals surface area contributed by atoms with Gasteiger partial charge in [-0.25, -0.2) is 13.1 Å². The zero-order valence-electron chi connectivity index (χ0n) is 14.9. The summed E-state index contributed by atoms with van der Waals surface area (Å²) in [5.74, 6) is -0.0987. The van der Waals surface area contributed by atoms with Gasteiger partial charge in [0.2, 0.25) is 15.9 Å². The highest BCUT2D eigenvalue weighted by Gasteiger charge is 2.08. The highest BCUT2D eigenvalue weighted by molar-refractivity contribution is 7.88. The van der Waals surface area contributed by atoms with Crippen LogP contribution < -0.4 is 10.0 Å².